The van der Waals surface area contributed by atoms with Gasteiger partial charge in [0.1, 0.15) is 0 Å². The SMILES string of the molecule is C[C@H](NCc1cn(C)nc1C(F)(F)F)c1ccc([S@@](C)=O)cc1. The molecule has 2 rings (SSSR count). The molecule has 0 aliphatic heterocycles. The standard InChI is InChI=1S/C15H18F3N3OS/c1-10(11-4-6-13(7-5-11)23(3)22)19-8-12-9-21(2)20-14(12)15(16,17)18/h4-7,9-10,19H,8H2,1-3H3/t10-,23+/m0/s1. The maximum atomic E-state index is 12.9. The third kappa shape index (κ3) is 4.42. The molecule has 1 heterocycles. The van der Waals surface area contributed by atoms with Crippen molar-refractivity contribution in [1.82, 2.24) is 15.1 Å². The second-order valence-corrected chi connectivity index (χ2v) is 6.68. The molecule has 1 N–H and O–H groups in total. The van der Waals surface area contributed by atoms with Gasteiger partial charge >= 0.3 is 6.18 Å². The van der Waals surface area contributed by atoms with E-state index in [1.807, 2.05) is 19.1 Å². The van der Waals surface area contributed by atoms with Gasteiger partial charge in [0.25, 0.3) is 0 Å². The van der Waals surface area contributed by atoms with Crippen molar-refractivity contribution in [3.63, 3.8) is 0 Å². The maximum Gasteiger partial charge on any atom is 0.435 e. The van der Waals surface area contributed by atoms with Crippen molar-refractivity contribution in [3.05, 3.63) is 47.3 Å². The van der Waals surface area contributed by atoms with Gasteiger partial charge in [0, 0.05) is 53.3 Å². The van der Waals surface area contributed by atoms with Crippen molar-refractivity contribution in [3.8, 4) is 0 Å². The van der Waals surface area contributed by atoms with Gasteiger partial charge in [-0.15, -0.1) is 0 Å². The number of nitrogens with one attached hydrogen (secondary N) is 1. The summed E-state index contributed by atoms with van der Waals surface area (Å²) in [6.45, 7) is 1.92. The predicted molar refractivity (Wildman–Crippen MR) is 82.2 cm³/mol. The Kier molecular flexibility index (Phi) is 5.26. The van der Waals surface area contributed by atoms with Gasteiger partial charge in [-0.25, -0.2) is 0 Å². The van der Waals surface area contributed by atoms with Crippen LogP contribution in [0.15, 0.2) is 35.4 Å². The van der Waals surface area contributed by atoms with Crippen LogP contribution in [0, 0.1) is 0 Å². The molecule has 4 nitrogen and oxygen atoms in total. The van der Waals surface area contributed by atoms with E-state index >= 15 is 0 Å². The number of aromatic nitrogens is 2. The first-order valence-corrected chi connectivity index (χ1v) is 8.50. The molecule has 0 fully saturated rings. The molecule has 126 valence electrons. The normalized spacial score (nSPS) is 14.7. The van der Waals surface area contributed by atoms with Gasteiger partial charge < -0.3 is 5.32 Å². The summed E-state index contributed by atoms with van der Waals surface area (Å²) >= 11 is 0. The Morgan fingerprint density at radius 3 is 2.43 bits per heavy atom. The number of hydrogen-bond acceptors (Lipinski definition) is 3. The van der Waals surface area contributed by atoms with E-state index in [0.717, 1.165) is 10.2 Å². The van der Waals surface area contributed by atoms with Crippen LogP contribution in [-0.4, -0.2) is 20.2 Å². The molecule has 2 aromatic rings. The summed E-state index contributed by atoms with van der Waals surface area (Å²) in [5.41, 5.74) is 0.159. The number of benzene rings is 1. The van der Waals surface area contributed by atoms with Crippen LogP contribution in [0.2, 0.25) is 0 Å². The lowest BCUT2D eigenvalue weighted by Gasteiger charge is -2.15. The highest BCUT2D eigenvalue weighted by Gasteiger charge is 2.36. The molecule has 0 aliphatic rings. The van der Waals surface area contributed by atoms with Crippen molar-refractivity contribution < 1.29 is 17.4 Å². The van der Waals surface area contributed by atoms with E-state index in [2.05, 4.69) is 10.4 Å². The molecular weight excluding hydrogens is 327 g/mol. The monoisotopic (exact) mass is 345 g/mol. The van der Waals surface area contributed by atoms with Gasteiger partial charge in [-0.05, 0) is 24.6 Å². The Labute approximate surface area is 135 Å². The van der Waals surface area contributed by atoms with Crippen LogP contribution in [0.25, 0.3) is 0 Å². The minimum Gasteiger partial charge on any atom is -0.306 e. The number of alkyl halides is 3. The Bertz CT molecular complexity index is 695. The fraction of sp³-hybridized carbons (Fsp3) is 0.400. The van der Waals surface area contributed by atoms with E-state index in [9.17, 15) is 17.4 Å². The second kappa shape index (κ2) is 6.84. The summed E-state index contributed by atoms with van der Waals surface area (Å²) < 4.78 is 51.2. The average molecular weight is 345 g/mol. The summed E-state index contributed by atoms with van der Waals surface area (Å²) in [6.07, 6.45) is -1.50. The van der Waals surface area contributed by atoms with E-state index in [0.29, 0.717) is 4.90 Å². The summed E-state index contributed by atoms with van der Waals surface area (Å²) in [7, 11) is 0.413. The third-order valence-corrected chi connectivity index (χ3v) is 4.42. The molecule has 23 heavy (non-hydrogen) atoms. The molecule has 1 aromatic carbocycles. The lowest BCUT2D eigenvalue weighted by atomic mass is 10.1. The van der Waals surface area contributed by atoms with Gasteiger partial charge in [0.15, 0.2) is 5.69 Å². The molecule has 0 aliphatic carbocycles. The zero-order valence-corrected chi connectivity index (χ0v) is 13.8. The predicted octanol–water partition coefficient (Wildman–Crippen LogP) is 3.03. The second-order valence-electron chi connectivity index (χ2n) is 5.30. The molecule has 0 amide bonds. The highest BCUT2D eigenvalue weighted by Crippen LogP contribution is 2.30. The average Bonchev–Trinajstić information content (AvgIpc) is 2.86. The van der Waals surface area contributed by atoms with Gasteiger partial charge in [0.2, 0.25) is 0 Å². The number of halogens is 3. The Morgan fingerprint density at radius 1 is 1.30 bits per heavy atom. The molecule has 2 atom stereocenters. The van der Waals surface area contributed by atoms with Crippen LogP contribution in [0.4, 0.5) is 13.2 Å². The smallest absolute Gasteiger partial charge is 0.306 e. The lowest BCUT2D eigenvalue weighted by molar-refractivity contribution is -0.142. The van der Waals surface area contributed by atoms with Gasteiger partial charge in [-0.1, -0.05) is 12.1 Å². The maximum absolute atomic E-state index is 12.9. The van der Waals surface area contributed by atoms with Crippen molar-refractivity contribution >= 4 is 10.8 Å². The van der Waals surface area contributed by atoms with Gasteiger partial charge in [-0.3, -0.25) is 8.89 Å². The minimum atomic E-state index is -4.46. The van der Waals surface area contributed by atoms with Crippen LogP contribution < -0.4 is 5.32 Å². The third-order valence-electron chi connectivity index (χ3n) is 3.48. The number of nitrogens with zero attached hydrogens (tertiary/aromatic N) is 2. The molecule has 8 heteroatoms. The molecule has 0 unspecified atom stereocenters. The van der Waals surface area contributed by atoms with E-state index in [-0.39, 0.29) is 18.2 Å². The Balaban J connectivity index is 2.07. The van der Waals surface area contributed by atoms with Crippen molar-refractivity contribution in [2.24, 2.45) is 7.05 Å². The van der Waals surface area contributed by atoms with Gasteiger partial charge in [0.05, 0.1) is 0 Å². The molecule has 0 bridgehead atoms. The van der Waals surface area contributed by atoms with Crippen LogP contribution >= 0.6 is 0 Å². The largest absolute Gasteiger partial charge is 0.435 e. The lowest BCUT2D eigenvalue weighted by Crippen LogP contribution is -2.20. The first-order valence-electron chi connectivity index (χ1n) is 6.95. The molecule has 0 radical (unpaired) electrons. The summed E-state index contributed by atoms with van der Waals surface area (Å²) in [6, 6.07) is 7.02. The summed E-state index contributed by atoms with van der Waals surface area (Å²) in [5.74, 6) is 0. The van der Waals surface area contributed by atoms with Crippen molar-refractivity contribution in [1.29, 1.82) is 0 Å². The topological polar surface area (TPSA) is 46.9 Å². The molecular formula is C15H18F3N3OS. The molecule has 0 spiro atoms. The first kappa shape index (κ1) is 17.7. The van der Waals surface area contributed by atoms with Crippen LogP contribution in [0.1, 0.15) is 29.8 Å². The quantitative estimate of drug-likeness (QED) is 0.906. The minimum absolute atomic E-state index is 0.0608. The number of hydrogen-bond donors (Lipinski definition) is 1. The Hall–Kier alpha value is -1.67. The first-order chi connectivity index (χ1) is 10.7. The fourth-order valence-electron chi connectivity index (χ4n) is 2.23. The molecule has 1 aromatic heterocycles. The zero-order valence-electron chi connectivity index (χ0n) is 13.0. The molecule has 0 saturated heterocycles. The summed E-state index contributed by atoms with van der Waals surface area (Å²) in [5, 5.41) is 6.54. The number of rotatable bonds is 5. The zero-order chi connectivity index (χ0) is 17.2. The van der Waals surface area contributed by atoms with E-state index in [1.165, 1.54) is 13.2 Å². The van der Waals surface area contributed by atoms with Crippen molar-refractivity contribution in [2.75, 3.05) is 6.26 Å². The molecule has 0 saturated carbocycles. The fourth-order valence-corrected chi connectivity index (χ4v) is 2.75. The van der Waals surface area contributed by atoms with E-state index in [1.54, 1.807) is 18.4 Å². The summed E-state index contributed by atoms with van der Waals surface area (Å²) in [4.78, 5) is 0.715. The van der Waals surface area contributed by atoms with E-state index < -0.39 is 22.7 Å². The van der Waals surface area contributed by atoms with Crippen LogP contribution in [0.3, 0.4) is 0 Å². The number of aryl methyl sites for hydroxylation is 1. The van der Waals surface area contributed by atoms with Crippen molar-refractivity contribution in [2.45, 2.75) is 30.6 Å². The Morgan fingerprint density at radius 2 is 1.91 bits per heavy atom. The van der Waals surface area contributed by atoms with Gasteiger partial charge in [-0.2, -0.15) is 18.3 Å². The highest BCUT2D eigenvalue weighted by molar-refractivity contribution is 7.84. The highest BCUT2D eigenvalue weighted by atomic mass is 32.2. The van der Waals surface area contributed by atoms with E-state index in [4.69, 9.17) is 0 Å². The van der Waals surface area contributed by atoms with Crippen LogP contribution in [0.5, 0.6) is 0 Å². The van der Waals surface area contributed by atoms with Crippen LogP contribution in [-0.2, 0) is 30.6 Å².